The third-order valence-corrected chi connectivity index (χ3v) is 2.55. The minimum absolute atomic E-state index is 0.262. The van der Waals surface area contributed by atoms with Crippen LogP contribution >= 0.6 is 0 Å². The van der Waals surface area contributed by atoms with Crippen LogP contribution in [0.4, 0.5) is 0 Å². The molecule has 1 aliphatic rings. The summed E-state index contributed by atoms with van der Waals surface area (Å²) in [5, 5.41) is 3.36. The van der Waals surface area contributed by atoms with Gasteiger partial charge in [-0.3, -0.25) is 0 Å². The molecule has 2 atom stereocenters. The lowest BCUT2D eigenvalue weighted by molar-refractivity contribution is 0.345. The van der Waals surface area contributed by atoms with E-state index in [1.165, 1.54) is 32.1 Å². The zero-order valence-corrected chi connectivity index (χ0v) is 7.47. The first-order valence-electron chi connectivity index (χ1n) is 4.83. The van der Waals surface area contributed by atoms with Gasteiger partial charge < -0.3 is 11.1 Å². The van der Waals surface area contributed by atoms with E-state index in [4.69, 9.17) is 5.73 Å². The van der Waals surface area contributed by atoms with Crippen LogP contribution in [0.5, 0.6) is 0 Å². The van der Waals surface area contributed by atoms with E-state index in [-0.39, 0.29) is 6.17 Å². The van der Waals surface area contributed by atoms with Crippen molar-refractivity contribution in [2.24, 2.45) is 11.7 Å². The number of hydrogen-bond donors (Lipinski definition) is 2. The number of nitrogens with one attached hydrogen (secondary N) is 1. The summed E-state index contributed by atoms with van der Waals surface area (Å²) in [5.41, 5.74) is 5.95. The van der Waals surface area contributed by atoms with E-state index in [9.17, 15) is 0 Å². The van der Waals surface area contributed by atoms with E-state index in [1.54, 1.807) is 0 Å². The van der Waals surface area contributed by atoms with Gasteiger partial charge in [-0.1, -0.05) is 19.8 Å². The Kier molecular flexibility index (Phi) is 3.87. The summed E-state index contributed by atoms with van der Waals surface area (Å²) < 4.78 is 0. The third kappa shape index (κ3) is 2.80. The average molecular weight is 156 g/mol. The Morgan fingerprint density at radius 1 is 1.45 bits per heavy atom. The van der Waals surface area contributed by atoms with Crippen molar-refractivity contribution >= 4 is 0 Å². The lowest BCUT2D eigenvalue weighted by atomic mass is 9.96. The largest absolute Gasteiger partial charge is 0.316 e. The maximum Gasteiger partial charge on any atom is 0.0575 e. The Labute approximate surface area is 69.5 Å². The van der Waals surface area contributed by atoms with Crippen molar-refractivity contribution in [3.05, 3.63) is 0 Å². The summed E-state index contributed by atoms with van der Waals surface area (Å²) in [7, 11) is 0. The van der Waals surface area contributed by atoms with Crippen LogP contribution in [0.15, 0.2) is 0 Å². The van der Waals surface area contributed by atoms with Crippen LogP contribution < -0.4 is 11.1 Å². The van der Waals surface area contributed by atoms with Gasteiger partial charge in [-0.25, -0.2) is 0 Å². The van der Waals surface area contributed by atoms with E-state index in [2.05, 4.69) is 12.2 Å². The monoisotopic (exact) mass is 156 g/mol. The second-order valence-corrected chi connectivity index (χ2v) is 3.52. The predicted molar refractivity (Wildman–Crippen MR) is 48.2 cm³/mol. The molecule has 1 aliphatic heterocycles. The second-order valence-electron chi connectivity index (χ2n) is 3.52. The summed E-state index contributed by atoms with van der Waals surface area (Å²) >= 11 is 0. The summed E-state index contributed by atoms with van der Waals surface area (Å²) in [5.74, 6) is 0.725. The van der Waals surface area contributed by atoms with Gasteiger partial charge in [-0.15, -0.1) is 0 Å². The molecule has 0 amide bonds. The van der Waals surface area contributed by atoms with E-state index in [1.807, 2.05) is 0 Å². The van der Waals surface area contributed by atoms with E-state index < -0.39 is 0 Å². The molecular formula is C9H20N2. The zero-order chi connectivity index (χ0) is 8.10. The van der Waals surface area contributed by atoms with Crippen LogP contribution in [0.1, 0.15) is 39.0 Å². The fourth-order valence-electron chi connectivity index (χ4n) is 1.84. The van der Waals surface area contributed by atoms with E-state index in [0.717, 1.165) is 12.5 Å². The molecule has 66 valence electrons. The minimum atomic E-state index is 0.262. The van der Waals surface area contributed by atoms with Gasteiger partial charge in [-0.05, 0) is 31.7 Å². The van der Waals surface area contributed by atoms with Crippen LogP contribution in [0, 0.1) is 5.92 Å². The van der Waals surface area contributed by atoms with Gasteiger partial charge in [0.25, 0.3) is 0 Å². The molecule has 1 heterocycles. The average Bonchev–Trinajstić information content (AvgIpc) is 2.18. The summed E-state index contributed by atoms with van der Waals surface area (Å²) in [6.45, 7) is 3.35. The third-order valence-electron chi connectivity index (χ3n) is 2.55. The molecule has 2 unspecified atom stereocenters. The van der Waals surface area contributed by atoms with Gasteiger partial charge in [0.15, 0.2) is 0 Å². The van der Waals surface area contributed by atoms with Crippen molar-refractivity contribution in [2.45, 2.75) is 45.2 Å². The highest BCUT2D eigenvalue weighted by Gasteiger charge is 2.18. The molecule has 0 aromatic carbocycles. The molecule has 0 aliphatic carbocycles. The molecule has 0 spiro atoms. The highest BCUT2D eigenvalue weighted by molar-refractivity contribution is 4.74. The van der Waals surface area contributed by atoms with Crippen LogP contribution in [-0.4, -0.2) is 12.7 Å². The molecule has 2 heteroatoms. The smallest absolute Gasteiger partial charge is 0.0575 e. The molecule has 1 rings (SSSR count). The quantitative estimate of drug-likeness (QED) is 0.635. The second kappa shape index (κ2) is 4.73. The normalized spacial score (nSPS) is 33.3. The zero-order valence-electron chi connectivity index (χ0n) is 7.47. The van der Waals surface area contributed by atoms with Crippen molar-refractivity contribution < 1.29 is 0 Å². The first-order valence-corrected chi connectivity index (χ1v) is 4.83. The molecule has 1 fully saturated rings. The van der Waals surface area contributed by atoms with Gasteiger partial charge in [0, 0.05) is 0 Å². The van der Waals surface area contributed by atoms with Crippen molar-refractivity contribution in [1.29, 1.82) is 0 Å². The maximum absolute atomic E-state index is 5.95. The van der Waals surface area contributed by atoms with Gasteiger partial charge >= 0.3 is 0 Å². The summed E-state index contributed by atoms with van der Waals surface area (Å²) in [4.78, 5) is 0. The lowest BCUT2D eigenvalue weighted by Gasteiger charge is -2.20. The summed E-state index contributed by atoms with van der Waals surface area (Å²) in [6, 6.07) is 0. The molecule has 1 saturated heterocycles. The molecule has 0 aromatic rings. The van der Waals surface area contributed by atoms with Gasteiger partial charge in [0.1, 0.15) is 0 Å². The SMILES string of the molecule is CCCC1CCCCNC1N. The minimum Gasteiger partial charge on any atom is -0.316 e. The predicted octanol–water partition coefficient (Wildman–Crippen LogP) is 1.46. The van der Waals surface area contributed by atoms with Crippen LogP contribution in [0.3, 0.4) is 0 Å². The molecular weight excluding hydrogens is 136 g/mol. The van der Waals surface area contributed by atoms with Crippen LogP contribution in [0.25, 0.3) is 0 Å². The van der Waals surface area contributed by atoms with Crippen molar-refractivity contribution in [2.75, 3.05) is 6.54 Å². The Balaban J connectivity index is 2.32. The van der Waals surface area contributed by atoms with Crippen molar-refractivity contribution in [3.63, 3.8) is 0 Å². The molecule has 11 heavy (non-hydrogen) atoms. The van der Waals surface area contributed by atoms with Crippen LogP contribution in [-0.2, 0) is 0 Å². The van der Waals surface area contributed by atoms with E-state index >= 15 is 0 Å². The molecule has 0 saturated carbocycles. The first kappa shape index (κ1) is 9.01. The van der Waals surface area contributed by atoms with E-state index in [0.29, 0.717) is 0 Å². The number of rotatable bonds is 2. The standard InChI is InChI=1S/C9H20N2/c1-2-5-8-6-3-4-7-11-9(8)10/h8-9,11H,2-7,10H2,1H3. The molecule has 0 aromatic heterocycles. The topological polar surface area (TPSA) is 38.0 Å². The van der Waals surface area contributed by atoms with Crippen molar-refractivity contribution in [3.8, 4) is 0 Å². The van der Waals surface area contributed by atoms with Gasteiger partial charge in [0.05, 0.1) is 6.17 Å². The maximum atomic E-state index is 5.95. The molecule has 3 N–H and O–H groups in total. The highest BCUT2D eigenvalue weighted by Crippen LogP contribution is 2.18. The summed E-state index contributed by atoms with van der Waals surface area (Å²) in [6.07, 6.45) is 6.78. The number of hydrogen-bond acceptors (Lipinski definition) is 2. The molecule has 0 radical (unpaired) electrons. The van der Waals surface area contributed by atoms with Gasteiger partial charge in [-0.2, -0.15) is 0 Å². The Morgan fingerprint density at radius 3 is 3.00 bits per heavy atom. The molecule has 2 nitrogen and oxygen atoms in total. The molecule has 0 bridgehead atoms. The fraction of sp³-hybridized carbons (Fsp3) is 1.00. The van der Waals surface area contributed by atoms with Crippen molar-refractivity contribution in [1.82, 2.24) is 5.32 Å². The first-order chi connectivity index (χ1) is 5.34. The Bertz CT molecular complexity index is 104. The fourth-order valence-corrected chi connectivity index (χ4v) is 1.84. The van der Waals surface area contributed by atoms with Gasteiger partial charge in [0.2, 0.25) is 0 Å². The van der Waals surface area contributed by atoms with Crippen LogP contribution in [0.2, 0.25) is 0 Å². The Hall–Kier alpha value is -0.0800. The lowest BCUT2D eigenvalue weighted by Crippen LogP contribution is -2.42. The Morgan fingerprint density at radius 2 is 2.27 bits per heavy atom. The number of nitrogens with two attached hydrogens (primary N) is 1. The highest BCUT2D eigenvalue weighted by atomic mass is 15.0.